The Bertz CT molecular complexity index is 1020. The van der Waals surface area contributed by atoms with Crippen molar-refractivity contribution < 1.29 is 13.2 Å². The second kappa shape index (κ2) is 6.98. The molecular formula is C19H18ClN3O3S. The van der Waals surface area contributed by atoms with E-state index in [0.717, 1.165) is 12.8 Å². The molecule has 2 aliphatic heterocycles. The van der Waals surface area contributed by atoms with Gasteiger partial charge in [-0.1, -0.05) is 23.7 Å². The Kier molecular flexibility index (Phi) is 4.65. The maximum absolute atomic E-state index is 12.7. The molecule has 0 saturated carbocycles. The summed E-state index contributed by atoms with van der Waals surface area (Å²) in [5.74, 6) is 0.110. The summed E-state index contributed by atoms with van der Waals surface area (Å²) in [7, 11) is -3.66. The van der Waals surface area contributed by atoms with E-state index in [1.807, 2.05) is 4.90 Å². The number of amides is 1. The number of rotatable bonds is 2. The number of carbonyl (C=O) groups excluding carboxylic acids is 1. The molecule has 0 spiro atoms. The van der Waals surface area contributed by atoms with Crippen molar-refractivity contribution in [2.75, 3.05) is 18.4 Å². The molecule has 1 amide bonds. The summed E-state index contributed by atoms with van der Waals surface area (Å²) in [5, 5.41) is 3.51. The first-order chi connectivity index (χ1) is 12.9. The summed E-state index contributed by atoms with van der Waals surface area (Å²) in [4.78, 5) is 14.8. The van der Waals surface area contributed by atoms with Gasteiger partial charge >= 0.3 is 0 Å². The Morgan fingerprint density at radius 3 is 2.67 bits per heavy atom. The largest absolute Gasteiger partial charge is 0.355 e. The van der Waals surface area contributed by atoms with Gasteiger partial charge in [0.15, 0.2) is 5.84 Å². The summed E-state index contributed by atoms with van der Waals surface area (Å²) < 4.78 is 28.5. The van der Waals surface area contributed by atoms with Crippen molar-refractivity contribution in [3.63, 3.8) is 0 Å². The van der Waals surface area contributed by atoms with Gasteiger partial charge in [0.05, 0.1) is 5.92 Å². The number of carbonyl (C=O) groups is 1. The van der Waals surface area contributed by atoms with E-state index in [1.165, 1.54) is 0 Å². The van der Waals surface area contributed by atoms with Gasteiger partial charge in [-0.3, -0.25) is 4.79 Å². The van der Waals surface area contributed by atoms with E-state index in [0.29, 0.717) is 35.2 Å². The van der Waals surface area contributed by atoms with E-state index in [4.69, 9.17) is 11.6 Å². The molecule has 0 aliphatic carbocycles. The number of hydrogen-bond donors (Lipinski definition) is 1. The zero-order valence-electron chi connectivity index (χ0n) is 14.4. The molecule has 2 aromatic carbocycles. The van der Waals surface area contributed by atoms with Crippen molar-refractivity contribution in [2.45, 2.75) is 17.7 Å². The van der Waals surface area contributed by atoms with Crippen LogP contribution in [0.1, 0.15) is 18.4 Å². The minimum absolute atomic E-state index is 0.0863. The van der Waals surface area contributed by atoms with Gasteiger partial charge in [0.1, 0.15) is 4.90 Å². The zero-order valence-corrected chi connectivity index (χ0v) is 16.0. The van der Waals surface area contributed by atoms with Crippen molar-refractivity contribution in [1.29, 1.82) is 0 Å². The summed E-state index contributed by atoms with van der Waals surface area (Å²) in [5.41, 5.74) is 1.30. The quantitative estimate of drug-likeness (QED) is 0.835. The second-order valence-corrected chi connectivity index (χ2v) is 8.68. The Labute approximate surface area is 162 Å². The summed E-state index contributed by atoms with van der Waals surface area (Å²) in [6, 6.07) is 13.8. The number of amidine groups is 1. The molecule has 27 heavy (non-hydrogen) atoms. The maximum Gasteiger partial charge on any atom is 0.285 e. The number of nitrogens with zero attached hydrogens (tertiary/aromatic N) is 2. The highest BCUT2D eigenvalue weighted by atomic mass is 35.5. The van der Waals surface area contributed by atoms with Gasteiger partial charge in [-0.05, 0) is 49.2 Å². The SMILES string of the molecule is O=C(Nc1ccc(Cl)cc1)[C@H]1CCCN(C2=NS(=O)(=O)c3ccccc32)C1. The van der Waals surface area contributed by atoms with Gasteiger partial charge in [-0.15, -0.1) is 4.40 Å². The fraction of sp³-hybridized carbons (Fsp3) is 0.263. The van der Waals surface area contributed by atoms with Crippen LogP contribution < -0.4 is 5.32 Å². The number of fused-ring (bicyclic) bond motifs is 1. The molecule has 2 aliphatic rings. The third-order valence-corrected chi connectivity index (χ3v) is 6.39. The Morgan fingerprint density at radius 2 is 1.89 bits per heavy atom. The number of likely N-dealkylation sites (tertiary alicyclic amines) is 1. The highest BCUT2D eigenvalue weighted by Gasteiger charge is 2.35. The first-order valence-corrected chi connectivity index (χ1v) is 10.5. The molecule has 0 unspecified atom stereocenters. The van der Waals surface area contributed by atoms with Crippen LogP contribution in [0, 0.1) is 5.92 Å². The molecule has 0 bridgehead atoms. The molecule has 1 atom stereocenters. The van der Waals surface area contributed by atoms with Gasteiger partial charge in [-0.25, -0.2) is 0 Å². The van der Waals surface area contributed by atoms with Crippen LogP contribution >= 0.6 is 11.6 Å². The van der Waals surface area contributed by atoms with Crippen LogP contribution in [0.4, 0.5) is 5.69 Å². The molecule has 4 rings (SSSR count). The molecule has 1 N–H and O–H groups in total. The first-order valence-electron chi connectivity index (χ1n) is 8.70. The van der Waals surface area contributed by atoms with Crippen LogP contribution in [0.3, 0.4) is 0 Å². The predicted octanol–water partition coefficient (Wildman–Crippen LogP) is 3.14. The number of nitrogens with one attached hydrogen (secondary N) is 1. The number of anilines is 1. The Morgan fingerprint density at radius 1 is 1.15 bits per heavy atom. The van der Waals surface area contributed by atoms with E-state index >= 15 is 0 Å². The molecule has 1 saturated heterocycles. The average Bonchev–Trinajstić information content (AvgIpc) is 2.95. The van der Waals surface area contributed by atoms with Crippen molar-refractivity contribution in [2.24, 2.45) is 10.3 Å². The lowest BCUT2D eigenvalue weighted by Gasteiger charge is -2.33. The lowest BCUT2D eigenvalue weighted by Crippen LogP contribution is -2.43. The molecule has 1 fully saturated rings. The molecule has 0 aromatic heterocycles. The third-order valence-electron chi connectivity index (χ3n) is 4.82. The summed E-state index contributed by atoms with van der Waals surface area (Å²) in [6.07, 6.45) is 1.54. The van der Waals surface area contributed by atoms with Crippen LogP contribution in [-0.4, -0.2) is 38.2 Å². The number of piperidine rings is 1. The van der Waals surface area contributed by atoms with E-state index in [9.17, 15) is 13.2 Å². The van der Waals surface area contributed by atoms with Gasteiger partial charge in [0, 0.05) is 29.4 Å². The smallest absolute Gasteiger partial charge is 0.285 e. The lowest BCUT2D eigenvalue weighted by molar-refractivity contribution is -0.121. The highest BCUT2D eigenvalue weighted by Crippen LogP contribution is 2.30. The van der Waals surface area contributed by atoms with Crippen LogP contribution in [0.5, 0.6) is 0 Å². The van der Waals surface area contributed by atoms with Crippen molar-refractivity contribution >= 4 is 39.1 Å². The van der Waals surface area contributed by atoms with E-state index in [-0.39, 0.29) is 16.7 Å². The Balaban J connectivity index is 1.52. The van der Waals surface area contributed by atoms with Crippen LogP contribution in [0.2, 0.25) is 5.02 Å². The molecule has 140 valence electrons. The number of sulfonamides is 1. The van der Waals surface area contributed by atoms with Crippen LogP contribution in [0.25, 0.3) is 0 Å². The molecule has 2 heterocycles. The maximum atomic E-state index is 12.7. The fourth-order valence-corrected chi connectivity index (χ4v) is 4.83. The van der Waals surface area contributed by atoms with Gasteiger partial charge in [0.25, 0.3) is 10.0 Å². The van der Waals surface area contributed by atoms with Gasteiger partial charge in [0.2, 0.25) is 5.91 Å². The fourth-order valence-electron chi connectivity index (χ4n) is 3.48. The number of hydrogen-bond acceptors (Lipinski definition) is 4. The molecule has 2 aromatic rings. The second-order valence-electron chi connectivity index (χ2n) is 6.67. The normalized spacial score (nSPS) is 20.7. The third kappa shape index (κ3) is 3.57. The first kappa shape index (κ1) is 18.0. The lowest BCUT2D eigenvalue weighted by atomic mass is 9.96. The highest BCUT2D eigenvalue weighted by molar-refractivity contribution is 7.90. The summed E-state index contributed by atoms with van der Waals surface area (Å²) >= 11 is 5.87. The van der Waals surface area contributed by atoms with E-state index < -0.39 is 10.0 Å². The number of benzene rings is 2. The van der Waals surface area contributed by atoms with Crippen LogP contribution in [0.15, 0.2) is 57.8 Å². The van der Waals surface area contributed by atoms with Gasteiger partial charge in [-0.2, -0.15) is 8.42 Å². The van der Waals surface area contributed by atoms with Crippen LogP contribution in [-0.2, 0) is 14.8 Å². The minimum Gasteiger partial charge on any atom is -0.355 e. The molecule has 8 heteroatoms. The average molecular weight is 404 g/mol. The van der Waals surface area contributed by atoms with Gasteiger partial charge < -0.3 is 10.2 Å². The topological polar surface area (TPSA) is 78.8 Å². The number of halogens is 1. The molecule has 6 nitrogen and oxygen atoms in total. The monoisotopic (exact) mass is 403 g/mol. The zero-order chi connectivity index (χ0) is 19.0. The molecular weight excluding hydrogens is 386 g/mol. The van der Waals surface area contributed by atoms with Crippen molar-refractivity contribution in [3.8, 4) is 0 Å². The summed E-state index contributed by atoms with van der Waals surface area (Å²) in [6.45, 7) is 1.11. The van der Waals surface area contributed by atoms with E-state index in [1.54, 1.807) is 48.5 Å². The Hall–Kier alpha value is -2.38. The minimum atomic E-state index is -3.66. The van der Waals surface area contributed by atoms with Crippen molar-refractivity contribution in [1.82, 2.24) is 4.90 Å². The van der Waals surface area contributed by atoms with E-state index in [2.05, 4.69) is 9.71 Å². The molecule has 0 radical (unpaired) electrons. The predicted molar refractivity (Wildman–Crippen MR) is 105 cm³/mol. The van der Waals surface area contributed by atoms with Crippen molar-refractivity contribution in [3.05, 3.63) is 59.1 Å². The standard InChI is InChI=1S/C19H18ClN3O3S/c20-14-7-9-15(10-8-14)21-19(24)13-4-3-11-23(12-13)18-16-5-1-2-6-17(16)27(25,26)22-18/h1-2,5-10,13H,3-4,11-12H2,(H,21,24)/t13-/m0/s1.